The van der Waals surface area contributed by atoms with Gasteiger partial charge in [-0.2, -0.15) is 13.4 Å². The van der Waals surface area contributed by atoms with Gasteiger partial charge in [0.05, 0.1) is 16.0 Å². The predicted molar refractivity (Wildman–Crippen MR) is 117 cm³/mol. The minimum Gasteiger partial charge on any atom is -0.490 e. The van der Waals surface area contributed by atoms with E-state index < -0.39 is 16.0 Å². The number of benzene rings is 2. The number of aryl methyl sites for hydroxylation is 1. The van der Waals surface area contributed by atoms with Crippen LogP contribution in [0.3, 0.4) is 0 Å². The van der Waals surface area contributed by atoms with E-state index in [2.05, 4.69) is 20.9 Å². The molecule has 0 saturated carbocycles. The van der Waals surface area contributed by atoms with E-state index >= 15 is 0 Å². The predicted octanol–water partition coefficient (Wildman–Crippen LogP) is 3.85. The Balaban J connectivity index is 1.98. The molecular formula is C19H17BrN2O5S2. The molecule has 10 heteroatoms. The Hall–Kier alpha value is -2.30. The molecule has 1 aliphatic rings. The van der Waals surface area contributed by atoms with Crippen LogP contribution in [0.2, 0.25) is 0 Å². The summed E-state index contributed by atoms with van der Waals surface area (Å²) in [5.74, 6) is -0.187. The summed E-state index contributed by atoms with van der Waals surface area (Å²) in [6.07, 6.45) is 1.60. The number of hydrogen-bond donors (Lipinski definition) is 1. The summed E-state index contributed by atoms with van der Waals surface area (Å²) in [5, 5.41) is 0.175. The molecule has 0 aromatic heterocycles. The highest BCUT2D eigenvalue weighted by Gasteiger charge is 2.23. The molecule has 0 unspecified atom stereocenters. The molecule has 7 nitrogen and oxygen atoms in total. The first kappa shape index (κ1) is 21.4. The first-order chi connectivity index (χ1) is 13.7. The number of thioether (sulfide) groups is 1. The molecule has 1 aliphatic heterocycles. The first-order valence-corrected chi connectivity index (χ1v) is 11.5. The van der Waals surface area contributed by atoms with Crippen molar-refractivity contribution in [1.82, 2.24) is 0 Å². The van der Waals surface area contributed by atoms with Crippen molar-refractivity contribution in [3.63, 3.8) is 0 Å². The van der Waals surface area contributed by atoms with E-state index in [0.29, 0.717) is 14.9 Å². The summed E-state index contributed by atoms with van der Waals surface area (Å²) in [5.41, 5.74) is 7.10. The molecule has 0 saturated heterocycles. The van der Waals surface area contributed by atoms with Gasteiger partial charge in [0.25, 0.3) is 5.91 Å². The third-order valence-corrected chi connectivity index (χ3v) is 6.41. The van der Waals surface area contributed by atoms with Crippen LogP contribution in [0.15, 0.2) is 55.7 Å². The summed E-state index contributed by atoms with van der Waals surface area (Å²) in [6.45, 7) is 3.92. The summed E-state index contributed by atoms with van der Waals surface area (Å²) < 4.78 is 36.7. The molecule has 0 spiro atoms. The Morgan fingerprint density at radius 2 is 1.93 bits per heavy atom. The van der Waals surface area contributed by atoms with Gasteiger partial charge in [-0.25, -0.2) is 0 Å². The SMILES string of the molecule is CCOc1cc(C=C2SC(N)=NC2=O)cc(Br)c1OS(=O)(=O)c1ccc(C)cc1. The van der Waals surface area contributed by atoms with Crippen molar-refractivity contribution in [3.8, 4) is 11.5 Å². The highest BCUT2D eigenvalue weighted by molar-refractivity contribution is 9.10. The van der Waals surface area contributed by atoms with E-state index in [4.69, 9.17) is 14.7 Å². The standard InChI is InChI=1S/C19H17BrN2O5S2/c1-3-26-15-9-12(10-16-18(23)22-19(21)28-16)8-14(20)17(15)27-29(24,25)13-6-4-11(2)5-7-13/h4-10H,3H2,1-2H3,(H2,21,22,23). The Kier molecular flexibility index (Phi) is 6.35. The fourth-order valence-corrected chi connectivity index (χ4v) is 4.74. The van der Waals surface area contributed by atoms with Crippen molar-refractivity contribution in [2.45, 2.75) is 18.7 Å². The second-order valence-corrected chi connectivity index (χ2v) is 9.44. The van der Waals surface area contributed by atoms with E-state index in [-0.39, 0.29) is 28.2 Å². The van der Waals surface area contributed by atoms with Gasteiger partial charge in [-0.15, -0.1) is 0 Å². The fraction of sp³-hybridized carbons (Fsp3) is 0.158. The van der Waals surface area contributed by atoms with Crippen molar-refractivity contribution >= 4 is 55.0 Å². The third kappa shape index (κ3) is 5.01. The molecule has 2 aromatic rings. The summed E-state index contributed by atoms with van der Waals surface area (Å²) in [4.78, 5) is 15.9. The van der Waals surface area contributed by atoms with Crippen LogP contribution in [-0.4, -0.2) is 26.1 Å². The molecule has 2 N–H and O–H groups in total. The molecule has 3 rings (SSSR count). The summed E-state index contributed by atoms with van der Waals surface area (Å²) >= 11 is 4.40. The molecule has 0 bridgehead atoms. The molecule has 29 heavy (non-hydrogen) atoms. The van der Waals surface area contributed by atoms with Gasteiger partial charge in [-0.1, -0.05) is 17.7 Å². The van der Waals surface area contributed by atoms with Crippen molar-refractivity contribution in [1.29, 1.82) is 0 Å². The minimum absolute atomic E-state index is 0.0238. The van der Waals surface area contributed by atoms with Crippen LogP contribution in [-0.2, 0) is 14.9 Å². The zero-order chi connectivity index (χ0) is 21.2. The molecule has 0 fully saturated rings. The smallest absolute Gasteiger partial charge is 0.339 e. The van der Waals surface area contributed by atoms with Gasteiger partial charge in [-0.3, -0.25) is 4.79 Å². The zero-order valence-corrected chi connectivity index (χ0v) is 18.7. The molecule has 0 atom stereocenters. The van der Waals surface area contributed by atoms with E-state index in [9.17, 15) is 13.2 Å². The number of rotatable bonds is 6. The normalized spacial score (nSPS) is 15.5. The molecule has 1 heterocycles. The molecular weight excluding hydrogens is 480 g/mol. The van der Waals surface area contributed by atoms with Crippen molar-refractivity contribution in [2.75, 3.05) is 6.61 Å². The maximum atomic E-state index is 12.7. The van der Waals surface area contributed by atoms with Crippen molar-refractivity contribution in [2.24, 2.45) is 10.7 Å². The highest BCUT2D eigenvalue weighted by Crippen LogP contribution is 2.40. The van der Waals surface area contributed by atoms with Crippen molar-refractivity contribution in [3.05, 3.63) is 56.9 Å². The largest absolute Gasteiger partial charge is 0.490 e. The molecule has 152 valence electrons. The van der Waals surface area contributed by atoms with Crippen LogP contribution in [0.4, 0.5) is 0 Å². The summed E-state index contributed by atoms with van der Waals surface area (Å²) in [7, 11) is -4.06. The Bertz CT molecular complexity index is 1130. The average molecular weight is 497 g/mol. The number of carbonyl (C=O) groups is 1. The fourth-order valence-electron chi connectivity index (χ4n) is 2.45. The van der Waals surface area contributed by atoms with Crippen LogP contribution in [0.25, 0.3) is 6.08 Å². The van der Waals surface area contributed by atoms with Gasteiger partial charge in [0.2, 0.25) is 0 Å². The van der Waals surface area contributed by atoms with Gasteiger partial charge in [0.1, 0.15) is 4.90 Å². The lowest BCUT2D eigenvalue weighted by Crippen LogP contribution is -2.11. The molecule has 2 aromatic carbocycles. The van der Waals surface area contributed by atoms with Crippen LogP contribution in [0.1, 0.15) is 18.1 Å². The van der Waals surface area contributed by atoms with E-state index in [1.54, 1.807) is 37.3 Å². The number of ether oxygens (including phenoxy) is 1. The number of halogens is 1. The van der Waals surface area contributed by atoms with Gasteiger partial charge in [0, 0.05) is 0 Å². The number of amidine groups is 1. The number of aliphatic imine (C=N–C) groups is 1. The second-order valence-electron chi connectivity index (χ2n) is 5.98. The number of nitrogens with two attached hydrogens (primary N) is 1. The first-order valence-electron chi connectivity index (χ1n) is 8.45. The number of carbonyl (C=O) groups excluding carboxylic acids is 1. The summed E-state index contributed by atoms with van der Waals surface area (Å²) in [6, 6.07) is 9.54. The molecule has 0 aliphatic carbocycles. The van der Waals surface area contributed by atoms with Crippen LogP contribution >= 0.6 is 27.7 Å². The van der Waals surface area contributed by atoms with Crippen LogP contribution in [0, 0.1) is 6.92 Å². The van der Waals surface area contributed by atoms with Gasteiger partial charge < -0.3 is 14.7 Å². The van der Waals surface area contributed by atoms with Crippen LogP contribution < -0.4 is 14.7 Å². The molecule has 0 radical (unpaired) electrons. The molecule has 1 amide bonds. The lowest BCUT2D eigenvalue weighted by atomic mass is 10.2. The Morgan fingerprint density at radius 3 is 2.52 bits per heavy atom. The lowest BCUT2D eigenvalue weighted by molar-refractivity contribution is -0.113. The maximum absolute atomic E-state index is 12.7. The maximum Gasteiger partial charge on any atom is 0.339 e. The lowest BCUT2D eigenvalue weighted by Gasteiger charge is -2.14. The van der Waals surface area contributed by atoms with Gasteiger partial charge in [-0.05, 0) is 77.4 Å². The highest BCUT2D eigenvalue weighted by atomic mass is 79.9. The minimum atomic E-state index is -4.06. The Morgan fingerprint density at radius 1 is 1.24 bits per heavy atom. The van der Waals surface area contributed by atoms with E-state index in [1.165, 1.54) is 12.1 Å². The van der Waals surface area contributed by atoms with Crippen molar-refractivity contribution < 1.29 is 22.1 Å². The third-order valence-electron chi connectivity index (χ3n) is 3.77. The second kappa shape index (κ2) is 8.60. The van der Waals surface area contributed by atoms with Gasteiger partial charge >= 0.3 is 10.1 Å². The van der Waals surface area contributed by atoms with E-state index in [1.807, 2.05) is 6.92 Å². The van der Waals surface area contributed by atoms with Gasteiger partial charge in [0.15, 0.2) is 16.7 Å². The number of hydrogen-bond acceptors (Lipinski definition) is 7. The average Bonchev–Trinajstić information content (AvgIpc) is 2.95. The number of amides is 1. The Labute approximate surface area is 181 Å². The quantitative estimate of drug-likeness (QED) is 0.477. The zero-order valence-electron chi connectivity index (χ0n) is 15.5. The van der Waals surface area contributed by atoms with E-state index in [0.717, 1.165) is 17.3 Å². The number of nitrogens with zero attached hydrogens (tertiary/aromatic N) is 1. The van der Waals surface area contributed by atoms with Crippen LogP contribution in [0.5, 0.6) is 11.5 Å². The monoisotopic (exact) mass is 496 g/mol. The topological polar surface area (TPSA) is 108 Å².